The number of aromatic nitrogens is 1. The molecule has 4 nitrogen and oxygen atoms in total. The topological polar surface area (TPSA) is 52.5 Å². The van der Waals surface area contributed by atoms with Crippen LogP contribution in [-0.4, -0.2) is 31.0 Å². The quantitative estimate of drug-likeness (QED) is 0.729. The Kier molecular flexibility index (Phi) is 4.40. The summed E-state index contributed by atoms with van der Waals surface area (Å²) in [4.78, 5) is 4.19. The van der Waals surface area contributed by atoms with Gasteiger partial charge in [-0.1, -0.05) is 12.7 Å². The van der Waals surface area contributed by atoms with E-state index >= 15 is 0 Å². The second-order valence-corrected chi connectivity index (χ2v) is 5.87. The van der Waals surface area contributed by atoms with Crippen molar-refractivity contribution in [2.24, 2.45) is 17.8 Å². The van der Waals surface area contributed by atoms with Crippen LogP contribution >= 0.6 is 0 Å². The van der Waals surface area contributed by atoms with Crippen molar-refractivity contribution in [3.63, 3.8) is 0 Å². The zero-order valence-electron chi connectivity index (χ0n) is 14.5. The van der Waals surface area contributed by atoms with Gasteiger partial charge in [0, 0.05) is 48.7 Å². The van der Waals surface area contributed by atoms with Crippen LogP contribution < -0.4 is 10.5 Å². The molecule has 0 aliphatic heterocycles. The molecule has 0 atom stereocenters. The average molecular weight is 321 g/mol. The van der Waals surface area contributed by atoms with Crippen LogP contribution in [0.25, 0.3) is 27.9 Å². The maximum absolute atomic E-state index is 5.70. The molecule has 0 bridgehead atoms. The number of fused-ring (bicyclic) bond motifs is 3. The predicted octanol–water partition coefficient (Wildman–Crippen LogP) is 3.67. The smallest absolute Gasteiger partial charge is 0.120 e. The third kappa shape index (κ3) is 2.49. The number of aliphatic imine (C=N–C) groups is 1. The van der Waals surface area contributed by atoms with Crippen molar-refractivity contribution in [2.75, 3.05) is 20.2 Å². The first-order chi connectivity index (χ1) is 11.6. The largest absolute Gasteiger partial charge is 0.492 e. The molecule has 0 unspecified atom stereocenters. The van der Waals surface area contributed by atoms with Crippen LogP contribution in [0.15, 0.2) is 35.8 Å². The molecule has 0 spiro atoms. The van der Waals surface area contributed by atoms with Crippen molar-refractivity contribution in [1.82, 2.24) is 4.57 Å². The van der Waals surface area contributed by atoms with Crippen molar-refractivity contribution >= 4 is 34.1 Å². The van der Waals surface area contributed by atoms with Crippen molar-refractivity contribution in [3.8, 4) is 5.75 Å². The summed E-state index contributed by atoms with van der Waals surface area (Å²) in [5.74, 6) is 0.844. The lowest BCUT2D eigenvalue weighted by atomic mass is 9.98. The van der Waals surface area contributed by atoms with Gasteiger partial charge in [0.25, 0.3) is 0 Å². The minimum atomic E-state index is 0.506. The standard InChI is InChI=1S/C20H23N3O/c1-5-16-13(2)20-18(10-14(16)12-22-3)17-11-15(24-9-8-21)6-7-19(17)23(20)4/h5-7,10-12H,1,8-9,21H2,2-4H3. The maximum Gasteiger partial charge on any atom is 0.120 e. The lowest BCUT2D eigenvalue weighted by Crippen LogP contribution is -2.10. The molecular weight excluding hydrogens is 298 g/mol. The molecular formula is C20H23N3O. The Labute approximate surface area is 142 Å². The zero-order valence-corrected chi connectivity index (χ0v) is 14.5. The van der Waals surface area contributed by atoms with Crippen molar-refractivity contribution in [2.45, 2.75) is 6.92 Å². The number of nitrogens with two attached hydrogens (primary N) is 1. The number of ether oxygens (including phenoxy) is 1. The molecule has 124 valence electrons. The van der Waals surface area contributed by atoms with E-state index in [2.05, 4.69) is 48.3 Å². The summed E-state index contributed by atoms with van der Waals surface area (Å²) in [5, 5.41) is 2.37. The molecule has 1 aromatic heterocycles. The summed E-state index contributed by atoms with van der Waals surface area (Å²) in [6.07, 6.45) is 3.79. The van der Waals surface area contributed by atoms with E-state index in [0.717, 1.165) is 16.9 Å². The first-order valence-electron chi connectivity index (χ1n) is 8.05. The highest BCUT2D eigenvalue weighted by atomic mass is 16.5. The van der Waals surface area contributed by atoms with Crippen LogP contribution in [0.1, 0.15) is 16.7 Å². The molecule has 24 heavy (non-hydrogen) atoms. The van der Waals surface area contributed by atoms with Gasteiger partial charge in [0.15, 0.2) is 0 Å². The second kappa shape index (κ2) is 6.49. The van der Waals surface area contributed by atoms with E-state index in [1.165, 1.54) is 27.4 Å². The summed E-state index contributed by atoms with van der Waals surface area (Å²) in [7, 11) is 3.88. The van der Waals surface area contributed by atoms with Gasteiger partial charge in [0.1, 0.15) is 12.4 Å². The van der Waals surface area contributed by atoms with E-state index < -0.39 is 0 Å². The molecule has 0 fully saturated rings. The molecule has 0 amide bonds. The van der Waals surface area contributed by atoms with Gasteiger partial charge in [-0.25, -0.2) is 0 Å². The Bertz CT molecular complexity index is 951. The Hall–Kier alpha value is -2.59. The van der Waals surface area contributed by atoms with Gasteiger partial charge >= 0.3 is 0 Å². The van der Waals surface area contributed by atoms with E-state index in [1.54, 1.807) is 7.05 Å². The number of aryl methyl sites for hydroxylation is 2. The Morgan fingerprint density at radius 1 is 1.29 bits per heavy atom. The summed E-state index contributed by atoms with van der Waals surface area (Å²) >= 11 is 0. The fourth-order valence-electron chi connectivity index (χ4n) is 3.41. The molecule has 0 aliphatic rings. The Morgan fingerprint density at radius 2 is 2.08 bits per heavy atom. The minimum absolute atomic E-state index is 0.506. The first kappa shape index (κ1) is 16.3. The predicted molar refractivity (Wildman–Crippen MR) is 103 cm³/mol. The van der Waals surface area contributed by atoms with Crippen LogP contribution in [0.4, 0.5) is 0 Å². The van der Waals surface area contributed by atoms with Crippen LogP contribution in [0.2, 0.25) is 0 Å². The van der Waals surface area contributed by atoms with Crippen LogP contribution in [0.3, 0.4) is 0 Å². The van der Waals surface area contributed by atoms with Gasteiger partial charge in [-0.05, 0) is 42.3 Å². The molecule has 0 saturated heterocycles. The molecule has 4 heteroatoms. The highest BCUT2D eigenvalue weighted by Crippen LogP contribution is 2.35. The third-order valence-corrected chi connectivity index (χ3v) is 4.44. The van der Waals surface area contributed by atoms with E-state index in [9.17, 15) is 0 Å². The fraction of sp³-hybridized carbons (Fsp3) is 0.250. The summed E-state index contributed by atoms with van der Waals surface area (Å²) < 4.78 is 7.93. The van der Waals surface area contributed by atoms with Crippen LogP contribution in [0.5, 0.6) is 5.75 Å². The van der Waals surface area contributed by atoms with Crippen LogP contribution in [-0.2, 0) is 7.05 Å². The molecule has 3 rings (SSSR count). The molecule has 2 N–H and O–H groups in total. The SMILES string of the molecule is C=Cc1c(C=NC)cc2c3cc(OCCN)ccc3n(C)c2c1C. The van der Waals surface area contributed by atoms with Crippen molar-refractivity contribution in [1.29, 1.82) is 0 Å². The van der Waals surface area contributed by atoms with Gasteiger partial charge in [0.05, 0.1) is 5.52 Å². The van der Waals surface area contributed by atoms with Crippen molar-refractivity contribution < 1.29 is 4.74 Å². The number of hydrogen-bond donors (Lipinski definition) is 1. The number of benzene rings is 2. The van der Waals surface area contributed by atoms with Crippen molar-refractivity contribution in [3.05, 3.63) is 47.5 Å². The molecule has 0 radical (unpaired) electrons. The highest BCUT2D eigenvalue weighted by molar-refractivity contribution is 6.12. The highest BCUT2D eigenvalue weighted by Gasteiger charge is 2.15. The molecule has 2 aromatic carbocycles. The van der Waals surface area contributed by atoms with Gasteiger partial charge in [-0.15, -0.1) is 0 Å². The molecule has 0 aliphatic carbocycles. The summed E-state index contributed by atoms with van der Waals surface area (Å²) in [6, 6.07) is 8.37. The lowest BCUT2D eigenvalue weighted by molar-refractivity contribution is 0.329. The monoisotopic (exact) mass is 321 g/mol. The number of rotatable bonds is 5. The third-order valence-electron chi connectivity index (χ3n) is 4.44. The molecule has 1 heterocycles. The number of nitrogens with zero attached hydrogens (tertiary/aromatic N) is 2. The van der Waals surface area contributed by atoms with Gasteiger partial charge in [-0.3, -0.25) is 4.99 Å². The van der Waals surface area contributed by atoms with E-state index in [0.29, 0.717) is 13.2 Å². The molecule has 0 saturated carbocycles. The summed E-state index contributed by atoms with van der Waals surface area (Å²) in [6.45, 7) is 7.13. The van der Waals surface area contributed by atoms with E-state index in [-0.39, 0.29) is 0 Å². The van der Waals surface area contributed by atoms with E-state index in [1.807, 2.05) is 18.4 Å². The van der Waals surface area contributed by atoms with Gasteiger partial charge in [-0.2, -0.15) is 0 Å². The van der Waals surface area contributed by atoms with Gasteiger partial charge in [0.2, 0.25) is 0 Å². The Balaban J connectivity index is 2.37. The average Bonchev–Trinajstić information content (AvgIpc) is 2.86. The van der Waals surface area contributed by atoms with Gasteiger partial charge < -0.3 is 15.0 Å². The minimum Gasteiger partial charge on any atom is -0.492 e. The van der Waals surface area contributed by atoms with Crippen LogP contribution in [0, 0.1) is 6.92 Å². The Morgan fingerprint density at radius 3 is 2.75 bits per heavy atom. The maximum atomic E-state index is 5.70. The second-order valence-electron chi connectivity index (χ2n) is 5.87. The zero-order chi connectivity index (χ0) is 17.3. The first-order valence-corrected chi connectivity index (χ1v) is 8.05. The lowest BCUT2D eigenvalue weighted by Gasteiger charge is -2.09. The number of hydrogen-bond acceptors (Lipinski definition) is 3. The molecule has 3 aromatic rings. The van der Waals surface area contributed by atoms with E-state index in [4.69, 9.17) is 10.5 Å². The fourth-order valence-corrected chi connectivity index (χ4v) is 3.41. The normalized spacial score (nSPS) is 11.7. The summed E-state index contributed by atoms with van der Waals surface area (Å²) in [5.41, 5.74) is 11.3.